The average Bonchev–Trinajstić information content (AvgIpc) is 2.81. The molecule has 0 aliphatic carbocycles. The van der Waals surface area contributed by atoms with Crippen molar-refractivity contribution in [2.24, 2.45) is 4.99 Å². The van der Waals surface area contributed by atoms with Gasteiger partial charge in [-0.25, -0.2) is 9.97 Å². The maximum atomic E-state index is 13.2. The summed E-state index contributed by atoms with van der Waals surface area (Å²) in [5, 5.41) is 1.02. The first-order valence-corrected chi connectivity index (χ1v) is 6.42. The number of fused-ring (bicyclic) bond motifs is 1. The minimum atomic E-state index is -0.516. The fraction of sp³-hybridized carbons (Fsp3) is 0.0625. The number of nitrogens with one attached hydrogen (secondary N) is 1. The Hall–Kier alpha value is -2.82. The standard InChI is InChI=1S/C16H13FN4/c1-10-12-3-4-14(11-5-8-19-15(17)9-11)21-16(12)20-13(10)6-7-18-2/h3-9H,2H2,1H3,(H,20,21)/b7-6-. The van der Waals surface area contributed by atoms with Gasteiger partial charge in [0.15, 0.2) is 0 Å². The number of nitrogens with zero attached hydrogens (tertiary/aromatic N) is 3. The van der Waals surface area contributed by atoms with Crippen LogP contribution in [0.5, 0.6) is 0 Å². The molecule has 104 valence electrons. The second kappa shape index (κ2) is 5.28. The minimum absolute atomic E-state index is 0.516. The fourth-order valence-electron chi connectivity index (χ4n) is 2.24. The van der Waals surface area contributed by atoms with Crippen molar-refractivity contribution in [2.45, 2.75) is 6.92 Å². The summed E-state index contributed by atoms with van der Waals surface area (Å²) in [6.07, 6.45) is 4.90. The Morgan fingerprint density at radius 2 is 2.19 bits per heavy atom. The zero-order valence-corrected chi connectivity index (χ0v) is 11.5. The molecule has 21 heavy (non-hydrogen) atoms. The number of pyridine rings is 2. The summed E-state index contributed by atoms with van der Waals surface area (Å²) < 4.78 is 13.2. The molecule has 3 aromatic heterocycles. The Bertz CT molecular complexity index is 849. The molecule has 1 N–H and O–H groups in total. The van der Waals surface area contributed by atoms with E-state index in [4.69, 9.17) is 0 Å². The first-order valence-electron chi connectivity index (χ1n) is 6.42. The van der Waals surface area contributed by atoms with Gasteiger partial charge in [-0.2, -0.15) is 4.39 Å². The summed E-state index contributed by atoms with van der Waals surface area (Å²) in [5.74, 6) is -0.516. The smallest absolute Gasteiger partial charge is 0.213 e. The van der Waals surface area contributed by atoms with Gasteiger partial charge in [0.25, 0.3) is 0 Å². The van der Waals surface area contributed by atoms with Crippen LogP contribution in [0.2, 0.25) is 0 Å². The van der Waals surface area contributed by atoms with Crippen molar-refractivity contribution in [3.8, 4) is 11.3 Å². The second-order valence-electron chi connectivity index (χ2n) is 4.62. The van der Waals surface area contributed by atoms with Crippen LogP contribution >= 0.6 is 0 Å². The highest BCUT2D eigenvalue weighted by atomic mass is 19.1. The Balaban J connectivity index is 2.12. The molecule has 0 aliphatic heterocycles. The van der Waals surface area contributed by atoms with Gasteiger partial charge in [0.05, 0.1) is 5.69 Å². The third-order valence-electron chi connectivity index (χ3n) is 3.33. The highest BCUT2D eigenvalue weighted by Gasteiger charge is 2.09. The maximum absolute atomic E-state index is 13.2. The highest BCUT2D eigenvalue weighted by molar-refractivity contribution is 5.86. The third-order valence-corrected chi connectivity index (χ3v) is 3.33. The van der Waals surface area contributed by atoms with Gasteiger partial charge in [-0.15, -0.1) is 0 Å². The van der Waals surface area contributed by atoms with E-state index < -0.39 is 5.95 Å². The van der Waals surface area contributed by atoms with Crippen LogP contribution in [0.4, 0.5) is 4.39 Å². The van der Waals surface area contributed by atoms with Crippen molar-refractivity contribution in [1.82, 2.24) is 15.0 Å². The van der Waals surface area contributed by atoms with E-state index in [9.17, 15) is 4.39 Å². The van der Waals surface area contributed by atoms with Crippen LogP contribution in [0.25, 0.3) is 28.4 Å². The summed E-state index contributed by atoms with van der Waals surface area (Å²) in [7, 11) is 0. The molecule has 0 aliphatic rings. The van der Waals surface area contributed by atoms with Crippen LogP contribution in [0, 0.1) is 12.9 Å². The molecule has 0 atom stereocenters. The SMILES string of the molecule is C=N/C=C\c1[nH]c2nc(-c3ccnc(F)c3)ccc2c1C. The summed E-state index contributed by atoms with van der Waals surface area (Å²) >= 11 is 0. The van der Waals surface area contributed by atoms with E-state index in [1.807, 2.05) is 25.1 Å². The monoisotopic (exact) mass is 280 g/mol. The van der Waals surface area contributed by atoms with E-state index >= 15 is 0 Å². The molecule has 0 fully saturated rings. The number of halogens is 1. The molecule has 0 bridgehead atoms. The predicted molar refractivity (Wildman–Crippen MR) is 82.6 cm³/mol. The fourth-order valence-corrected chi connectivity index (χ4v) is 2.24. The Kier molecular flexibility index (Phi) is 3.31. The van der Waals surface area contributed by atoms with E-state index in [0.29, 0.717) is 11.3 Å². The Labute approximate surface area is 121 Å². The summed E-state index contributed by atoms with van der Waals surface area (Å²) in [6.45, 7) is 5.42. The first kappa shape index (κ1) is 13.2. The van der Waals surface area contributed by atoms with Gasteiger partial charge in [0.1, 0.15) is 5.65 Å². The molecule has 3 aromatic rings. The summed E-state index contributed by atoms with van der Waals surface area (Å²) in [4.78, 5) is 15.0. The van der Waals surface area contributed by atoms with Crippen molar-refractivity contribution < 1.29 is 4.39 Å². The Morgan fingerprint density at radius 1 is 1.33 bits per heavy atom. The number of aromatic amines is 1. The highest BCUT2D eigenvalue weighted by Crippen LogP contribution is 2.25. The maximum Gasteiger partial charge on any atom is 0.213 e. The lowest BCUT2D eigenvalue weighted by atomic mass is 10.1. The van der Waals surface area contributed by atoms with Crippen molar-refractivity contribution in [3.63, 3.8) is 0 Å². The molecule has 3 rings (SSSR count). The van der Waals surface area contributed by atoms with Gasteiger partial charge >= 0.3 is 0 Å². The van der Waals surface area contributed by atoms with Crippen LogP contribution in [0.15, 0.2) is 41.7 Å². The van der Waals surface area contributed by atoms with E-state index in [1.165, 1.54) is 12.3 Å². The molecular weight excluding hydrogens is 267 g/mol. The lowest BCUT2D eigenvalue weighted by molar-refractivity contribution is 0.584. The van der Waals surface area contributed by atoms with Gasteiger partial charge in [-0.3, -0.25) is 4.99 Å². The van der Waals surface area contributed by atoms with E-state index in [2.05, 4.69) is 26.7 Å². The molecule has 5 heteroatoms. The van der Waals surface area contributed by atoms with Gasteiger partial charge < -0.3 is 4.98 Å². The molecule has 0 aromatic carbocycles. The third kappa shape index (κ3) is 2.45. The van der Waals surface area contributed by atoms with Crippen molar-refractivity contribution >= 4 is 23.8 Å². The number of H-pyrrole nitrogens is 1. The molecule has 0 amide bonds. The van der Waals surface area contributed by atoms with Crippen molar-refractivity contribution in [3.05, 3.63) is 53.9 Å². The molecule has 0 saturated heterocycles. The number of hydrogen-bond donors (Lipinski definition) is 1. The topological polar surface area (TPSA) is 53.9 Å². The van der Waals surface area contributed by atoms with Crippen LogP contribution in [0.3, 0.4) is 0 Å². The zero-order chi connectivity index (χ0) is 14.8. The molecule has 3 heterocycles. The van der Waals surface area contributed by atoms with Crippen molar-refractivity contribution in [1.29, 1.82) is 0 Å². The average molecular weight is 280 g/mol. The van der Waals surface area contributed by atoms with E-state index in [-0.39, 0.29) is 0 Å². The first-order chi connectivity index (χ1) is 10.2. The number of aromatic nitrogens is 3. The van der Waals surface area contributed by atoms with E-state index in [0.717, 1.165) is 22.3 Å². The van der Waals surface area contributed by atoms with Crippen LogP contribution in [-0.4, -0.2) is 21.7 Å². The van der Waals surface area contributed by atoms with Crippen LogP contribution < -0.4 is 0 Å². The molecule has 0 spiro atoms. The molecular formula is C16H13FN4. The molecule has 0 unspecified atom stereocenters. The van der Waals surface area contributed by atoms with Crippen molar-refractivity contribution in [2.75, 3.05) is 0 Å². The van der Waals surface area contributed by atoms with E-state index in [1.54, 1.807) is 12.3 Å². The largest absolute Gasteiger partial charge is 0.339 e. The number of hydrogen-bond acceptors (Lipinski definition) is 3. The van der Waals surface area contributed by atoms with Gasteiger partial charge in [-0.1, -0.05) is 0 Å². The lowest BCUT2D eigenvalue weighted by Gasteiger charge is -2.00. The Morgan fingerprint density at radius 3 is 2.95 bits per heavy atom. The van der Waals surface area contributed by atoms with Crippen LogP contribution in [0.1, 0.15) is 11.3 Å². The normalized spacial score (nSPS) is 11.3. The summed E-state index contributed by atoms with van der Waals surface area (Å²) in [6, 6.07) is 6.94. The number of aliphatic imine (C=N–C) groups is 1. The number of aryl methyl sites for hydroxylation is 1. The number of rotatable bonds is 3. The molecule has 4 nitrogen and oxygen atoms in total. The second-order valence-corrected chi connectivity index (χ2v) is 4.62. The summed E-state index contributed by atoms with van der Waals surface area (Å²) in [5.41, 5.74) is 4.17. The molecule has 0 saturated carbocycles. The van der Waals surface area contributed by atoms with Gasteiger partial charge in [0, 0.05) is 35.1 Å². The molecule has 0 radical (unpaired) electrons. The predicted octanol–water partition coefficient (Wildman–Crippen LogP) is 3.74. The lowest BCUT2D eigenvalue weighted by Crippen LogP contribution is -1.87. The zero-order valence-electron chi connectivity index (χ0n) is 11.5. The quantitative estimate of drug-likeness (QED) is 0.587. The van der Waals surface area contributed by atoms with Crippen LogP contribution in [-0.2, 0) is 0 Å². The minimum Gasteiger partial charge on any atom is -0.339 e. The van der Waals surface area contributed by atoms with Gasteiger partial charge in [0.2, 0.25) is 5.95 Å². The van der Waals surface area contributed by atoms with Gasteiger partial charge in [-0.05, 0) is 43.5 Å².